The summed E-state index contributed by atoms with van der Waals surface area (Å²) in [7, 11) is 0. The number of hydrogen-bond acceptors (Lipinski definition) is 7. The van der Waals surface area contributed by atoms with E-state index in [-0.39, 0.29) is 18.7 Å². The van der Waals surface area contributed by atoms with Gasteiger partial charge in [-0.05, 0) is 63.3 Å². The molecule has 0 aliphatic carbocycles. The third-order valence-electron chi connectivity index (χ3n) is 4.95. The Hall–Kier alpha value is -2.93. The molecule has 2 unspecified atom stereocenters. The number of thioether (sulfide) groups is 1. The number of phenolic OH excluding ortho intramolecular Hbond substituents is 1. The minimum Gasteiger partial charge on any atom is -0.508 e. The molecule has 9 nitrogen and oxygen atoms in total. The molecule has 0 aliphatic heterocycles. The molecule has 1 rings (SSSR count). The second kappa shape index (κ2) is 15.1. The molecule has 0 spiro atoms. The predicted molar refractivity (Wildman–Crippen MR) is 137 cm³/mol. The van der Waals surface area contributed by atoms with Gasteiger partial charge in [0, 0.05) is 6.54 Å². The number of ether oxygens (including phenoxy) is 1. The number of carbonyl (C=O) groups is 3. The molecule has 1 aromatic carbocycles. The van der Waals surface area contributed by atoms with Crippen molar-refractivity contribution in [2.75, 3.05) is 25.1 Å². The summed E-state index contributed by atoms with van der Waals surface area (Å²) in [6.07, 6.45) is 4.10. The Morgan fingerprint density at radius 1 is 1.26 bits per heavy atom. The maximum Gasteiger partial charge on any atom is 0.408 e. The number of nitrogens with zero attached hydrogens (tertiary/aromatic N) is 2. The Morgan fingerprint density at radius 3 is 2.54 bits per heavy atom. The number of unbranched alkanes of at least 4 members (excludes halogenated alkanes) is 2. The van der Waals surface area contributed by atoms with Crippen LogP contribution in [0.25, 0.3) is 0 Å². The first-order chi connectivity index (χ1) is 16.5. The normalized spacial score (nSPS) is 12.7. The van der Waals surface area contributed by atoms with Gasteiger partial charge in [-0.2, -0.15) is 17.0 Å². The Kier molecular flexibility index (Phi) is 13.0. The first kappa shape index (κ1) is 30.1. The van der Waals surface area contributed by atoms with Gasteiger partial charge in [-0.15, -0.1) is 0 Å². The zero-order chi connectivity index (χ0) is 26.4. The van der Waals surface area contributed by atoms with E-state index in [1.54, 1.807) is 32.9 Å². The summed E-state index contributed by atoms with van der Waals surface area (Å²) in [4.78, 5) is 40.5. The molecule has 0 aromatic heterocycles. The van der Waals surface area contributed by atoms with Crippen molar-refractivity contribution in [3.05, 3.63) is 29.8 Å². The van der Waals surface area contributed by atoms with Crippen LogP contribution >= 0.6 is 11.8 Å². The van der Waals surface area contributed by atoms with Crippen molar-refractivity contribution in [3.8, 4) is 11.8 Å². The van der Waals surface area contributed by atoms with Crippen molar-refractivity contribution in [2.45, 2.75) is 71.1 Å². The van der Waals surface area contributed by atoms with Crippen molar-refractivity contribution >= 4 is 29.7 Å². The zero-order valence-corrected chi connectivity index (χ0v) is 22.1. The van der Waals surface area contributed by atoms with Gasteiger partial charge < -0.3 is 25.4 Å². The quantitative estimate of drug-likeness (QED) is 0.274. The van der Waals surface area contributed by atoms with Crippen LogP contribution in [0.4, 0.5) is 4.79 Å². The van der Waals surface area contributed by atoms with Gasteiger partial charge in [0.25, 0.3) is 0 Å². The first-order valence-corrected chi connectivity index (χ1v) is 13.2. The van der Waals surface area contributed by atoms with E-state index in [4.69, 9.17) is 4.74 Å². The highest BCUT2D eigenvalue weighted by molar-refractivity contribution is 7.98. The molecule has 0 heterocycles. The number of hydrogen-bond donors (Lipinski definition) is 3. The van der Waals surface area contributed by atoms with Crippen LogP contribution in [0, 0.1) is 11.3 Å². The Balaban J connectivity index is 3.33. The smallest absolute Gasteiger partial charge is 0.408 e. The van der Waals surface area contributed by atoms with Crippen molar-refractivity contribution < 1.29 is 24.2 Å². The van der Waals surface area contributed by atoms with Gasteiger partial charge in [-0.3, -0.25) is 9.59 Å². The van der Waals surface area contributed by atoms with Gasteiger partial charge in [-0.1, -0.05) is 31.9 Å². The largest absolute Gasteiger partial charge is 0.508 e. The minimum absolute atomic E-state index is 0.0681. The van der Waals surface area contributed by atoms with Crippen LogP contribution in [0.3, 0.4) is 0 Å². The molecule has 194 valence electrons. The minimum atomic E-state index is -1.16. The number of carbonyl (C=O) groups excluding carboxylic acids is 3. The number of rotatable bonds is 13. The highest BCUT2D eigenvalue weighted by Crippen LogP contribution is 2.26. The van der Waals surface area contributed by atoms with Crippen LogP contribution in [0.1, 0.15) is 65.0 Å². The summed E-state index contributed by atoms with van der Waals surface area (Å²) in [6, 6.07) is 5.84. The van der Waals surface area contributed by atoms with Gasteiger partial charge in [0.05, 0.1) is 6.07 Å². The molecular weight excluding hydrogens is 468 g/mol. The van der Waals surface area contributed by atoms with Crippen LogP contribution in [0.5, 0.6) is 5.75 Å². The van der Waals surface area contributed by atoms with E-state index in [2.05, 4.69) is 17.6 Å². The van der Waals surface area contributed by atoms with Crippen molar-refractivity contribution in [2.24, 2.45) is 0 Å². The third-order valence-corrected chi connectivity index (χ3v) is 5.59. The molecule has 0 saturated carbocycles. The van der Waals surface area contributed by atoms with Gasteiger partial charge in [0.1, 0.15) is 30.0 Å². The summed E-state index contributed by atoms with van der Waals surface area (Å²) in [5.41, 5.74) is -0.395. The lowest BCUT2D eigenvalue weighted by molar-refractivity contribution is -0.141. The van der Waals surface area contributed by atoms with E-state index in [0.717, 1.165) is 24.2 Å². The van der Waals surface area contributed by atoms with Crippen molar-refractivity contribution in [1.29, 1.82) is 5.26 Å². The lowest BCUT2D eigenvalue weighted by Crippen LogP contribution is -2.53. The number of amides is 3. The summed E-state index contributed by atoms with van der Waals surface area (Å²) >= 11 is 1.50. The summed E-state index contributed by atoms with van der Waals surface area (Å²) < 4.78 is 5.32. The summed E-state index contributed by atoms with van der Waals surface area (Å²) in [5, 5.41) is 25.0. The zero-order valence-electron chi connectivity index (χ0n) is 21.3. The molecule has 0 fully saturated rings. The second-order valence-electron chi connectivity index (χ2n) is 9.10. The van der Waals surface area contributed by atoms with Gasteiger partial charge in [0.15, 0.2) is 0 Å². The highest BCUT2D eigenvalue weighted by atomic mass is 32.2. The maximum absolute atomic E-state index is 13.7. The second-order valence-corrected chi connectivity index (χ2v) is 10.1. The molecule has 0 radical (unpaired) electrons. The molecule has 3 amide bonds. The van der Waals surface area contributed by atoms with E-state index < -0.39 is 35.6 Å². The maximum atomic E-state index is 13.7. The number of benzene rings is 1. The lowest BCUT2D eigenvalue weighted by atomic mass is 10.0. The molecule has 3 N–H and O–H groups in total. The predicted octanol–water partition coefficient (Wildman–Crippen LogP) is 3.74. The molecular formula is C25H38N4O5S. The Bertz CT molecular complexity index is 881. The van der Waals surface area contributed by atoms with Crippen molar-refractivity contribution in [1.82, 2.24) is 15.5 Å². The van der Waals surface area contributed by atoms with Crippen LogP contribution in [-0.4, -0.2) is 64.7 Å². The molecule has 2 atom stereocenters. The van der Waals surface area contributed by atoms with Crippen LogP contribution < -0.4 is 10.6 Å². The van der Waals surface area contributed by atoms with E-state index >= 15 is 0 Å². The number of alkyl carbamates (subject to hydrolysis) is 1. The van der Waals surface area contributed by atoms with Crippen molar-refractivity contribution in [3.63, 3.8) is 0 Å². The fourth-order valence-corrected chi connectivity index (χ4v) is 3.84. The first-order valence-electron chi connectivity index (χ1n) is 11.8. The Labute approximate surface area is 212 Å². The van der Waals surface area contributed by atoms with Gasteiger partial charge in [-0.25, -0.2) is 4.79 Å². The number of aromatic hydroxyl groups is 1. The standard InChI is InChI=1S/C25H38N4O5S/c1-6-7-8-14-27-22(31)21(18-10-9-11-19(30)17-18)29(15-13-26)23(32)20(12-16-35-5)28-24(33)34-25(2,3)4/h9-11,17,20-21,30H,6-8,12,14-16H2,1-5H3,(H,27,31)(H,28,33). The number of nitrogens with one attached hydrogen (secondary N) is 2. The van der Waals surface area contributed by atoms with Crippen LogP contribution in [-0.2, 0) is 14.3 Å². The van der Waals surface area contributed by atoms with Gasteiger partial charge >= 0.3 is 6.09 Å². The van der Waals surface area contributed by atoms with E-state index in [0.29, 0.717) is 17.9 Å². The van der Waals surface area contributed by atoms with Gasteiger partial charge in [0.2, 0.25) is 11.8 Å². The average Bonchev–Trinajstić information content (AvgIpc) is 2.77. The fourth-order valence-electron chi connectivity index (χ4n) is 3.37. The molecule has 0 saturated heterocycles. The Morgan fingerprint density at radius 2 is 1.97 bits per heavy atom. The third kappa shape index (κ3) is 10.9. The SMILES string of the molecule is CCCCCNC(=O)C(c1cccc(O)c1)N(CC#N)C(=O)C(CCSC)NC(=O)OC(C)(C)C. The lowest BCUT2D eigenvalue weighted by Gasteiger charge is -2.33. The summed E-state index contributed by atoms with van der Waals surface area (Å²) in [5.74, 6) is -0.548. The fraction of sp³-hybridized carbons (Fsp3) is 0.600. The molecule has 0 bridgehead atoms. The summed E-state index contributed by atoms with van der Waals surface area (Å²) in [6.45, 7) is 7.24. The topological polar surface area (TPSA) is 132 Å². The molecule has 0 aliphatic rings. The molecule has 35 heavy (non-hydrogen) atoms. The van der Waals surface area contributed by atoms with E-state index in [1.165, 1.54) is 23.9 Å². The highest BCUT2D eigenvalue weighted by Gasteiger charge is 2.36. The number of phenols is 1. The van der Waals surface area contributed by atoms with Crippen LogP contribution in [0.15, 0.2) is 24.3 Å². The number of nitriles is 1. The van der Waals surface area contributed by atoms with E-state index in [9.17, 15) is 24.8 Å². The molecule has 10 heteroatoms. The van der Waals surface area contributed by atoms with E-state index in [1.807, 2.05) is 12.3 Å². The van der Waals surface area contributed by atoms with Crippen LogP contribution in [0.2, 0.25) is 0 Å². The molecule has 1 aromatic rings. The average molecular weight is 507 g/mol. The monoisotopic (exact) mass is 506 g/mol.